The summed E-state index contributed by atoms with van der Waals surface area (Å²) in [6, 6.07) is 13.4. The van der Waals surface area contributed by atoms with Crippen LogP contribution in [-0.4, -0.2) is 16.0 Å². The van der Waals surface area contributed by atoms with E-state index in [4.69, 9.17) is 0 Å². The number of nitro benzene ring substituents is 1. The number of hydrogen-bond acceptors (Lipinski definition) is 4. The Morgan fingerprint density at radius 3 is 2.48 bits per heavy atom. The maximum Gasteiger partial charge on any atom is 0.336 e. The second-order valence-electron chi connectivity index (χ2n) is 4.86. The van der Waals surface area contributed by atoms with E-state index < -0.39 is 10.9 Å². The van der Waals surface area contributed by atoms with Crippen LogP contribution in [0.15, 0.2) is 53.9 Å². The molecular weight excluding hydrogens is 314 g/mol. The Hall–Kier alpha value is -2.99. The largest absolute Gasteiger partial charge is 0.478 e. The minimum atomic E-state index is -1.04. The summed E-state index contributed by atoms with van der Waals surface area (Å²) in [6.45, 7) is 0. The number of nitro groups is 1. The van der Waals surface area contributed by atoms with Crippen molar-refractivity contribution in [2.24, 2.45) is 0 Å². The van der Waals surface area contributed by atoms with Crippen LogP contribution >= 0.6 is 11.3 Å². The molecule has 0 saturated heterocycles. The van der Waals surface area contributed by atoms with Gasteiger partial charge in [0.05, 0.1) is 10.5 Å². The van der Waals surface area contributed by atoms with E-state index in [-0.39, 0.29) is 11.3 Å². The Kier molecular flexibility index (Phi) is 3.91. The second-order valence-corrected chi connectivity index (χ2v) is 5.77. The lowest BCUT2D eigenvalue weighted by Gasteiger charge is -2.02. The summed E-state index contributed by atoms with van der Waals surface area (Å²) in [6.07, 6.45) is 1.53. The molecule has 3 rings (SSSR count). The topological polar surface area (TPSA) is 80.4 Å². The number of non-ortho nitro benzene ring substituents is 1. The van der Waals surface area contributed by atoms with Gasteiger partial charge in [-0.2, -0.15) is 0 Å². The van der Waals surface area contributed by atoms with Gasteiger partial charge in [-0.25, -0.2) is 4.79 Å². The highest BCUT2D eigenvalue weighted by Crippen LogP contribution is 2.32. The molecule has 1 aromatic heterocycles. The number of thiophene rings is 1. The van der Waals surface area contributed by atoms with Gasteiger partial charge in [-0.3, -0.25) is 10.1 Å². The fourth-order valence-corrected chi connectivity index (χ4v) is 3.26. The van der Waals surface area contributed by atoms with Crippen LogP contribution in [0, 0.1) is 10.1 Å². The lowest BCUT2D eigenvalue weighted by Crippen LogP contribution is -1.99. The van der Waals surface area contributed by atoms with Crippen molar-refractivity contribution in [3.8, 4) is 0 Å². The zero-order valence-corrected chi connectivity index (χ0v) is 12.6. The van der Waals surface area contributed by atoms with Crippen molar-refractivity contribution in [2.45, 2.75) is 0 Å². The van der Waals surface area contributed by atoms with Crippen LogP contribution < -0.4 is 0 Å². The van der Waals surface area contributed by atoms with E-state index in [0.29, 0.717) is 11.1 Å². The summed E-state index contributed by atoms with van der Waals surface area (Å²) in [5, 5.41) is 22.9. The van der Waals surface area contributed by atoms with Crippen LogP contribution in [0.3, 0.4) is 0 Å². The maximum absolute atomic E-state index is 11.6. The Labute approximate surface area is 135 Å². The number of fused-ring (bicyclic) bond motifs is 1. The third-order valence-electron chi connectivity index (χ3n) is 3.42. The molecule has 0 spiro atoms. The number of carbonyl (C=O) groups is 1. The van der Waals surface area contributed by atoms with Gasteiger partial charge in [0.1, 0.15) is 0 Å². The molecule has 5 nitrogen and oxygen atoms in total. The highest BCUT2D eigenvalue weighted by molar-refractivity contribution is 7.17. The molecule has 114 valence electrons. The highest BCUT2D eigenvalue weighted by Gasteiger charge is 2.15. The summed E-state index contributed by atoms with van der Waals surface area (Å²) in [7, 11) is 0. The predicted molar refractivity (Wildman–Crippen MR) is 90.4 cm³/mol. The van der Waals surface area contributed by atoms with Crippen LogP contribution in [0.5, 0.6) is 0 Å². The molecule has 23 heavy (non-hydrogen) atoms. The van der Waals surface area contributed by atoms with Gasteiger partial charge in [0.2, 0.25) is 0 Å². The van der Waals surface area contributed by atoms with Gasteiger partial charge in [0.15, 0.2) is 0 Å². The normalized spacial score (nSPS) is 11.6. The molecule has 0 saturated carbocycles. The monoisotopic (exact) mass is 325 g/mol. The molecule has 0 fully saturated rings. The average Bonchev–Trinajstić information content (AvgIpc) is 2.96. The number of aliphatic carboxylic acids is 1. The standard InChI is InChI=1S/C17H11NO4S/c19-17(20)14(9-11-5-7-12(8-6-11)18(21)22)15-10-23-16-4-2-1-3-13(15)16/h1-10H,(H,19,20)/b14-9-. The number of benzene rings is 2. The Morgan fingerprint density at radius 2 is 1.83 bits per heavy atom. The van der Waals surface area contributed by atoms with Crippen LogP contribution in [0.4, 0.5) is 5.69 Å². The van der Waals surface area contributed by atoms with E-state index in [1.54, 1.807) is 0 Å². The molecular formula is C17H11NO4S. The molecule has 0 radical (unpaired) electrons. The van der Waals surface area contributed by atoms with Crippen LogP contribution in [-0.2, 0) is 4.79 Å². The van der Waals surface area contributed by atoms with Crippen molar-refractivity contribution in [1.82, 2.24) is 0 Å². The smallest absolute Gasteiger partial charge is 0.336 e. The Morgan fingerprint density at radius 1 is 1.13 bits per heavy atom. The van der Waals surface area contributed by atoms with E-state index in [1.165, 1.54) is 41.7 Å². The van der Waals surface area contributed by atoms with Gasteiger partial charge < -0.3 is 5.11 Å². The first-order valence-electron chi connectivity index (χ1n) is 6.72. The van der Waals surface area contributed by atoms with E-state index in [9.17, 15) is 20.0 Å². The van der Waals surface area contributed by atoms with Crippen molar-refractivity contribution in [3.63, 3.8) is 0 Å². The molecule has 3 aromatic rings. The first-order chi connectivity index (χ1) is 11.1. The molecule has 0 aliphatic carbocycles. The minimum absolute atomic E-state index is 0.0278. The number of carboxylic acids is 1. The summed E-state index contributed by atoms with van der Waals surface area (Å²) in [4.78, 5) is 21.8. The van der Waals surface area contributed by atoms with E-state index in [2.05, 4.69) is 0 Å². The third kappa shape index (κ3) is 2.97. The maximum atomic E-state index is 11.6. The van der Waals surface area contributed by atoms with Gasteiger partial charge in [0, 0.05) is 33.2 Å². The van der Waals surface area contributed by atoms with Gasteiger partial charge in [-0.1, -0.05) is 18.2 Å². The lowest BCUT2D eigenvalue weighted by molar-refractivity contribution is -0.384. The third-order valence-corrected chi connectivity index (χ3v) is 4.38. The fourth-order valence-electron chi connectivity index (χ4n) is 2.30. The SMILES string of the molecule is O=C(O)/C(=C\c1ccc([N+](=O)[O-])cc1)c1csc2ccccc12. The summed E-state index contributed by atoms with van der Waals surface area (Å²) < 4.78 is 1.01. The van der Waals surface area contributed by atoms with Gasteiger partial charge in [-0.15, -0.1) is 11.3 Å². The number of hydrogen-bond donors (Lipinski definition) is 1. The molecule has 0 atom stereocenters. The van der Waals surface area contributed by atoms with Crippen molar-refractivity contribution in [1.29, 1.82) is 0 Å². The molecule has 0 amide bonds. The molecule has 6 heteroatoms. The van der Waals surface area contributed by atoms with Crippen molar-refractivity contribution in [2.75, 3.05) is 0 Å². The van der Waals surface area contributed by atoms with Gasteiger partial charge >= 0.3 is 5.97 Å². The number of rotatable bonds is 4. The van der Waals surface area contributed by atoms with Crippen molar-refractivity contribution < 1.29 is 14.8 Å². The lowest BCUT2D eigenvalue weighted by atomic mass is 10.0. The highest BCUT2D eigenvalue weighted by atomic mass is 32.1. The van der Waals surface area contributed by atoms with E-state index in [1.807, 2.05) is 29.6 Å². The molecule has 0 bridgehead atoms. The quantitative estimate of drug-likeness (QED) is 0.437. The van der Waals surface area contributed by atoms with Crippen LogP contribution in [0.2, 0.25) is 0 Å². The number of nitrogens with zero attached hydrogens (tertiary/aromatic N) is 1. The zero-order valence-electron chi connectivity index (χ0n) is 11.8. The number of carboxylic acid groups (broad SMARTS) is 1. The predicted octanol–water partition coefficient (Wildman–Crippen LogP) is 4.43. The minimum Gasteiger partial charge on any atom is -0.478 e. The molecule has 2 aromatic carbocycles. The van der Waals surface area contributed by atoms with Crippen LogP contribution in [0.1, 0.15) is 11.1 Å². The first kappa shape index (κ1) is 14.9. The van der Waals surface area contributed by atoms with Gasteiger partial charge in [-0.05, 0) is 29.8 Å². The molecule has 0 unspecified atom stereocenters. The summed E-state index contributed by atoms with van der Waals surface area (Å²) in [5.74, 6) is -1.04. The molecule has 1 heterocycles. The molecule has 1 N–H and O–H groups in total. The summed E-state index contributed by atoms with van der Waals surface area (Å²) >= 11 is 1.48. The van der Waals surface area contributed by atoms with E-state index in [0.717, 1.165) is 10.1 Å². The second kappa shape index (κ2) is 6.02. The Balaban J connectivity index is 2.08. The van der Waals surface area contributed by atoms with Crippen molar-refractivity contribution >= 4 is 44.7 Å². The molecule has 0 aliphatic heterocycles. The first-order valence-corrected chi connectivity index (χ1v) is 7.60. The summed E-state index contributed by atoms with van der Waals surface area (Å²) in [5.41, 5.74) is 1.39. The van der Waals surface area contributed by atoms with Crippen LogP contribution in [0.25, 0.3) is 21.7 Å². The van der Waals surface area contributed by atoms with E-state index >= 15 is 0 Å². The Bertz CT molecular complexity index is 925. The fraction of sp³-hybridized carbons (Fsp3) is 0. The average molecular weight is 325 g/mol. The van der Waals surface area contributed by atoms with Crippen molar-refractivity contribution in [3.05, 3.63) is 75.2 Å². The zero-order chi connectivity index (χ0) is 16.4. The van der Waals surface area contributed by atoms with Gasteiger partial charge in [0.25, 0.3) is 5.69 Å². The molecule has 0 aliphatic rings.